The molecule has 23 nitrogen and oxygen atoms in total. The molecule has 0 aliphatic carbocycles. The largest absolute Gasteiger partial charge is 0.390 e. The highest BCUT2D eigenvalue weighted by Gasteiger charge is 2.46. The number of nitrogens with zero attached hydrogens (tertiary/aromatic N) is 7. The molecule has 13 atom stereocenters. The Morgan fingerprint density at radius 2 is 0.837 bits per heavy atom. The van der Waals surface area contributed by atoms with Crippen LogP contribution in [-0.4, -0.2) is 226 Å². The van der Waals surface area contributed by atoms with Crippen LogP contribution >= 0.6 is 0 Å². The maximum atomic E-state index is 15.4. The summed E-state index contributed by atoms with van der Waals surface area (Å²) in [6.45, 7) is 31.7. The molecule has 5 N–H and O–H groups in total. The number of amides is 11. The molecule has 23 heteroatoms. The number of aryl methyl sites for hydroxylation is 2. The first kappa shape index (κ1) is 81.4. The van der Waals surface area contributed by atoms with Crippen LogP contribution in [0.15, 0.2) is 24.3 Å². The number of aliphatic hydroxyl groups excluding tert-OH is 1. The Morgan fingerprint density at radius 1 is 0.424 bits per heavy atom. The Labute approximate surface area is 551 Å². The second-order valence-corrected chi connectivity index (χ2v) is 28.5. The van der Waals surface area contributed by atoms with Gasteiger partial charge in [-0.15, -0.1) is 0 Å². The van der Waals surface area contributed by atoms with Gasteiger partial charge >= 0.3 is 0 Å². The van der Waals surface area contributed by atoms with Crippen molar-refractivity contribution in [3.8, 4) is 0 Å². The molecular weight excluding hydrogens is 1170 g/mol. The van der Waals surface area contributed by atoms with Gasteiger partial charge in [0.15, 0.2) is 0 Å². The van der Waals surface area contributed by atoms with Gasteiger partial charge in [-0.1, -0.05) is 127 Å². The molecule has 1 heterocycles. The third-order valence-corrected chi connectivity index (χ3v) is 18.1. The summed E-state index contributed by atoms with van der Waals surface area (Å²) in [7, 11) is 10.0. The predicted octanol–water partition coefficient (Wildman–Crippen LogP) is 5.02. The van der Waals surface area contributed by atoms with Gasteiger partial charge in [0, 0.05) is 49.3 Å². The van der Waals surface area contributed by atoms with Crippen molar-refractivity contribution < 1.29 is 57.8 Å². The minimum absolute atomic E-state index is 0.0136. The van der Waals surface area contributed by atoms with E-state index < -0.39 is 155 Å². The number of carbonyl (C=O) groups is 11. The van der Waals surface area contributed by atoms with E-state index in [4.69, 9.17) is 0 Å². The number of benzene rings is 1. The molecule has 1 fully saturated rings. The van der Waals surface area contributed by atoms with Crippen LogP contribution in [0.2, 0.25) is 0 Å². The number of carbonyl (C=O) groups excluding carboxylic acids is 11. The number of hydrogen-bond donors (Lipinski definition) is 5. The van der Waals surface area contributed by atoms with Gasteiger partial charge in [0.1, 0.15) is 66.5 Å². The van der Waals surface area contributed by atoms with Gasteiger partial charge in [0.25, 0.3) is 0 Å². The number of nitrogens with one attached hydrogen (secondary N) is 4. The van der Waals surface area contributed by atoms with Crippen molar-refractivity contribution >= 4 is 65.0 Å². The van der Waals surface area contributed by atoms with E-state index in [1.54, 1.807) is 41.5 Å². The molecule has 11 amide bonds. The second-order valence-electron chi connectivity index (χ2n) is 28.5. The average molecular weight is 1290 g/mol. The van der Waals surface area contributed by atoms with E-state index in [1.807, 2.05) is 86.6 Å². The van der Waals surface area contributed by atoms with E-state index in [2.05, 4.69) is 21.3 Å². The molecule has 0 bridgehead atoms. The van der Waals surface area contributed by atoms with E-state index in [0.29, 0.717) is 19.3 Å². The highest BCUT2D eigenvalue weighted by molar-refractivity contribution is 6.00. The maximum Gasteiger partial charge on any atom is 0.246 e. The molecular formula is C69H119N11O12. The van der Waals surface area contributed by atoms with Crippen LogP contribution in [0, 0.1) is 48.3 Å². The lowest BCUT2D eigenvalue weighted by Gasteiger charge is -2.41. The van der Waals surface area contributed by atoms with Gasteiger partial charge in [-0.3, -0.25) is 52.7 Å². The third kappa shape index (κ3) is 22.3. The molecule has 1 aliphatic heterocycles. The lowest BCUT2D eigenvalue weighted by atomic mass is 9.89. The summed E-state index contributed by atoms with van der Waals surface area (Å²) in [4.78, 5) is 171. The Morgan fingerprint density at radius 3 is 1.29 bits per heavy atom. The zero-order chi connectivity index (χ0) is 70.8. The van der Waals surface area contributed by atoms with E-state index in [0.717, 1.165) is 16.0 Å². The van der Waals surface area contributed by atoms with Gasteiger partial charge in [-0.25, -0.2) is 0 Å². The Balaban J connectivity index is 3.01. The Hall–Kier alpha value is -6.65. The summed E-state index contributed by atoms with van der Waals surface area (Å²) in [5, 5.41) is 23.6. The lowest BCUT2D eigenvalue weighted by molar-refractivity contribution is -0.157. The first-order chi connectivity index (χ1) is 42.5. The van der Waals surface area contributed by atoms with Gasteiger partial charge in [0.2, 0.25) is 65.0 Å². The summed E-state index contributed by atoms with van der Waals surface area (Å²) >= 11 is 0. The lowest BCUT2D eigenvalue weighted by Crippen LogP contribution is -2.64. The molecule has 2 rings (SSSR count). The summed E-state index contributed by atoms with van der Waals surface area (Å²) in [6.07, 6.45) is 0.828. The third-order valence-electron chi connectivity index (χ3n) is 18.1. The molecule has 0 saturated carbocycles. The zero-order valence-electron chi connectivity index (χ0n) is 60.5. The van der Waals surface area contributed by atoms with Crippen molar-refractivity contribution in [1.82, 2.24) is 55.6 Å². The highest BCUT2D eigenvalue weighted by atomic mass is 16.3. The standard InChI is InChI=1S/C69H119N11O12/c1-26-50-65(88)74(19)48(18)64(87)75(20)52(35-39(4)5)61(84)73-55(42(10)11)68(91)76(21)51(34-38(2)3)60(83)70-46(16)59(82)71-47(17)63(86)77(22)53(36-40(6)7)66(89)78(23)54(37-41(8)9)67(90)79(24)56(43(12)13)69(92)80(25)57(62(85)72-50)58(81)45(15)28-27-29-49-32-30-44(14)31-33-49/h30-33,38-43,45-48,50-58,81H,26-29,34-37H2,1-25H3,(H,70,83)(H,71,82)(H,72,85)(H,73,84)/t45-,46+,47-,48-,50+,51+,52+,53+,54+,55+,56+,57+,58-/m1/s1. The van der Waals surface area contributed by atoms with Crippen LogP contribution in [0.3, 0.4) is 0 Å². The van der Waals surface area contributed by atoms with Gasteiger partial charge in [-0.05, 0) is 126 Å². The summed E-state index contributed by atoms with van der Waals surface area (Å²) in [6, 6.07) is -5.56. The van der Waals surface area contributed by atoms with Crippen LogP contribution in [-0.2, 0) is 59.2 Å². The fourth-order valence-corrected chi connectivity index (χ4v) is 12.0. The molecule has 0 radical (unpaired) electrons. The fraction of sp³-hybridized carbons (Fsp3) is 0.754. The minimum atomic E-state index is -1.62. The van der Waals surface area contributed by atoms with Crippen LogP contribution in [0.4, 0.5) is 0 Å². The molecule has 1 aromatic carbocycles. The number of aliphatic hydroxyl groups is 1. The zero-order valence-corrected chi connectivity index (χ0v) is 60.5. The van der Waals surface area contributed by atoms with E-state index in [1.165, 1.54) is 99.5 Å². The number of likely N-dealkylation sites (N-methyl/N-ethyl adjacent to an activating group) is 7. The molecule has 0 aromatic heterocycles. The molecule has 0 unspecified atom stereocenters. The van der Waals surface area contributed by atoms with Crippen molar-refractivity contribution in [3.63, 3.8) is 0 Å². The Bertz CT molecular complexity index is 2670. The second kappa shape index (κ2) is 36.7. The molecule has 522 valence electrons. The van der Waals surface area contributed by atoms with Crippen molar-refractivity contribution in [1.29, 1.82) is 0 Å². The van der Waals surface area contributed by atoms with Crippen molar-refractivity contribution in [2.45, 2.75) is 249 Å². The van der Waals surface area contributed by atoms with Gasteiger partial charge in [-0.2, -0.15) is 0 Å². The van der Waals surface area contributed by atoms with E-state index in [-0.39, 0.29) is 55.8 Å². The average Bonchev–Trinajstić information content (AvgIpc) is 0.821. The summed E-state index contributed by atoms with van der Waals surface area (Å²) in [5.74, 6) is -9.72. The maximum absolute atomic E-state index is 15.4. The smallest absolute Gasteiger partial charge is 0.246 e. The van der Waals surface area contributed by atoms with Crippen molar-refractivity contribution in [3.05, 3.63) is 35.4 Å². The molecule has 1 saturated heterocycles. The molecule has 92 heavy (non-hydrogen) atoms. The predicted molar refractivity (Wildman–Crippen MR) is 358 cm³/mol. The van der Waals surface area contributed by atoms with E-state index in [9.17, 15) is 38.7 Å². The van der Waals surface area contributed by atoms with Gasteiger partial charge < -0.3 is 60.7 Å². The summed E-state index contributed by atoms with van der Waals surface area (Å²) in [5.41, 5.74) is 2.19. The minimum Gasteiger partial charge on any atom is -0.390 e. The van der Waals surface area contributed by atoms with Crippen molar-refractivity contribution in [2.75, 3.05) is 49.3 Å². The van der Waals surface area contributed by atoms with Crippen molar-refractivity contribution in [2.24, 2.45) is 41.4 Å². The van der Waals surface area contributed by atoms with Crippen LogP contribution < -0.4 is 21.3 Å². The van der Waals surface area contributed by atoms with Crippen LogP contribution in [0.5, 0.6) is 0 Å². The SMILES string of the molecule is CC[C@@H]1NC(=O)[C@H]([C@H](O)[C@H](C)CCCc2ccc(C)cc2)N(C)C(=O)[C@H](C(C)C)N(C)C(=O)[C@H](CC(C)C)N(C)C(=O)[C@H](CC(C)C)N(C)C(=O)[C@@H](C)NC(=O)[C@H](C)NC(=O)[C@H](CC(C)C)N(C)C(=O)[C@H](C(C)C)NC(=O)[C@H](CC(C)C)N(C)C(=O)[C@@H](C)N(C)C1=O. The van der Waals surface area contributed by atoms with Gasteiger partial charge in [0.05, 0.1) is 6.10 Å². The molecule has 1 aromatic rings. The monoisotopic (exact) mass is 1290 g/mol. The topological polar surface area (TPSA) is 279 Å². The molecule has 1 aliphatic rings. The van der Waals surface area contributed by atoms with Crippen LogP contribution in [0.25, 0.3) is 0 Å². The first-order valence-corrected chi connectivity index (χ1v) is 33.4. The normalized spacial score (nSPS) is 26.5. The number of rotatable bonds is 17. The highest BCUT2D eigenvalue weighted by Crippen LogP contribution is 2.27. The summed E-state index contributed by atoms with van der Waals surface area (Å²) < 4.78 is 0. The fourth-order valence-electron chi connectivity index (χ4n) is 12.0. The van der Waals surface area contributed by atoms with Crippen LogP contribution in [0.1, 0.15) is 174 Å². The first-order valence-electron chi connectivity index (χ1n) is 33.4. The number of hydrogen-bond acceptors (Lipinski definition) is 12. The quantitative estimate of drug-likeness (QED) is 0.138. The molecule has 0 spiro atoms. The Kier molecular flexibility index (Phi) is 32.5. The van der Waals surface area contributed by atoms with E-state index >= 15 is 19.2 Å².